The monoisotopic (exact) mass is 414 g/mol. The lowest BCUT2D eigenvalue weighted by molar-refractivity contribution is 0.196. The molecule has 1 saturated heterocycles. The summed E-state index contributed by atoms with van der Waals surface area (Å²) >= 11 is 6.06. The van der Waals surface area contributed by atoms with E-state index in [0.29, 0.717) is 37.0 Å². The Balaban J connectivity index is 1.26. The molecule has 3 aliphatic heterocycles. The minimum Gasteiger partial charge on any atom is -0.489 e. The molecule has 4 heterocycles. The first-order chi connectivity index (χ1) is 14.1. The normalized spacial score (nSPS) is 19.0. The number of urea groups is 1. The van der Waals surface area contributed by atoms with Gasteiger partial charge in [0.15, 0.2) is 0 Å². The molecular formula is C20H23ClN6O2. The van der Waals surface area contributed by atoms with Crippen LogP contribution in [0.3, 0.4) is 0 Å². The van der Waals surface area contributed by atoms with Gasteiger partial charge in [0.05, 0.1) is 17.9 Å². The van der Waals surface area contributed by atoms with Gasteiger partial charge in [-0.3, -0.25) is 9.80 Å². The number of piperazine rings is 1. The maximum absolute atomic E-state index is 13.1. The molecule has 0 N–H and O–H groups in total. The fourth-order valence-electron chi connectivity index (χ4n) is 4.12. The van der Waals surface area contributed by atoms with Gasteiger partial charge in [-0.1, -0.05) is 11.6 Å². The van der Waals surface area contributed by atoms with Gasteiger partial charge in [-0.2, -0.15) is 0 Å². The second kappa shape index (κ2) is 7.35. The molecule has 0 radical (unpaired) electrons. The maximum Gasteiger partial charge on any atom is 0.324 e. The summed E-state index contributed by atoms with van der Waals surface area (Å²) in [7, 11) is 2.09. The highest BCUT2D eigenvalue weighted by Gasteiger charge is 2.31. The molecule has 0 atom stereocenters. The van der Waals surface area contributed by atoms with Crippen molar-refractivity contribution in [2.45, 2.75) is 13.1 Å². The van der Waals surface area contributed by atoms with Crippen molar-refractivity contribution in [3.63, 3.8) is 0 Å². The highest BCUT2D eigenvalue weighted by atomic mass is 35.5. The van der Waals surface area contributed by atoms with Gasteiger partial charge in [0, 0.05) is 62.1 Å². The van der Waals surface area contributed by atoms with E-state index in [1.165, 1.54) is 5.56 Å². The molecule has 2 aromatic rings. The van der Waals surface area contributed by atoms with Crippen molar-refractivity contribution in [3.05, 3.63) is 40.7 Å². The predicted molar refractivity (Wildman–Crippen MR) is 111 cm³/mol. The first kappa shape index (κ1) is 18.4. The smallest absolute Gasteiger partial charge is 0.324 e. The Labute approximate surface area is 174 Å². The standard InChI is InChI=1S/C20H23ClN6O2/c1-24-12-14-11-22-19(23-16(14)13-24)25-4-6-26(7-5-25)20(28)27-8-9-29-18-10-15(21)2-3-17(18)27/h2-3,10-11H,4-9,12-13H2,1H3. The second-order valence-corrected chi connectivity index (χ2v) is 8.12. The van der Waals surface area contributed by atoms with Crippen molar-refractivity contribution in [3.8, 4) is 5.75 Å². The third kappa shape index (κ3) is 3.47. The lowest BCUT2D eigenvalue weighted by Crippen LogP contribution is -2.54. The van der Waals surface area contributed by atoms with E-state index in [4.69, 9.17) is 21.3 Å². The number of carbonyl (C=O) groups is 1. The van der Waals surface area contributed by atoms with Crippen molar-refractivity contribution >= 4 is 29.3 Å². The first-order valence-electron chi connectivity index (χ1n) is 9.85. The van der Waals surface area contributed by atoms with Gasteiger partial charge in [-0.05, 0) is 19.2 Å². The molecule has 0 bridgehead atoms. The number of ether oxygens (including phenoxy) is 1. The van der Waals surface area contributed by atoms with Crippen LogP contribution in [0.25, 0.3) is 0 Å². The van der Waals surface area contributed by atoms with Gasteiger partial charge >= 0.3 is 6.03 Å². The van der Waals surface area contributed by atoms with Gasteiger partial charge in [-0.15, -0.1) is 0 Å². The highest BCUT2D eigenvalue weighted by molar-refractivity contribution is 6.30. The second-order valence-electron chi connectivity index (χ2n) is 7.68. The summed E-state index contributed by atoms with van der Waals surface area (Å²) in [6.45, 7) is 5.49. The number of nitrogens with zero attached hydrogens (tertiary/aromatic N) is 6. The number of halogens is 1. The van der Waals surface area contributed by atoms with Crippen molar-refractivity contribution in [2.24, 2.45) is 0 Å². The molecule has 1 aromatic carbocycles. The van der Waals surface area contributed by atoms with Gasteiger partial charge in [0.2, 0.25) is 5.95 Å². The van der Waals surface area contributed by atoms with Gasteiger partial charge in [0.1, 0.15) is 12.4 Å². The molecule has 1 fully saturated rings. The number of amides is 2. The minimum absolute atomic E-state index is 0.00742. The van der Waals surface area contributed by atoms with Gasteiger partial charge in [-0.25, -0.2) is 14.8 Å². The molecular weight excluding hydrogens is 392 g/mol. The first-order valence-corrected chi connectivity index (χ1v) is 10.2. The van der Waals surface area contributed by atoms with E-state index in [9.17, 15) is 4.79 Å². The molecule has 29 heavy (non-hydrogen) atoms. The summed E-state index contributed by atoms with van der Waals surface area (Å²) in [5, 5.41) is 0.604. The van der Waals surface area contributed by atoms with Crippen molar-refractivity contribution in [1.82, 2.24) is 19.8 Å². The molecule has 0 spiro atoms. The quantitative estimate of drug-likeness (QED) is 0.713. The van der Waals surface area contributed by atoms with E-state index in [2.05, 4.69) is 21.8 Å². The number of hydrogen-bond acceptors (Lipinski definition) is 6. The maximum atomic E-state index is 13.1. The predicted octanol–water partition coefficient (Wildman–Crippen LogP) is 2.22. The van der Waals surface area contributed by atoms with E-state index < -0.39 is 0 Å². The van der Waals surface area contributed by atoms with Crippen molar-refractivity contribution in [2.75, 3.05) is 56.2 Å². The minimum atomic E-state index is 0.00742. The van der Waals surface area contributed by atoms with Crippen LogP contribution in [0.4, 0.5) is 16.4 Å². The van der Waals surface area contributed by atoms with Crippen LogP contribution in [-0.4, -0.2) is 72.2 Å². The van der Waals surface area contributed by atoms with E-state index >= 15 is 0 Å². The highest BCUT2D eigenvalue weighted by Crippen LogP contribution is 2.34. The Morgan fingerprint density at radius 1 is 1.14 bits per heavy atom. The third-order valence-corrected chi connectivity index (χ3v) is 5.89. The van der Waals surface area contributed by atoms with E-state index in [-0.39, 0.29) is 6.03 Å². The van der Waals surface area contributed by atoms with E-state index in [1.54, 1.807) is 17.0 Å². The molecule has 0 unspecified atom stereocenters. The molecule has 2 amide bonds. The third-order valence-electron chi connectivity index (χ3n) is 5.65. The summed E-state index contributed by atoms with van der Waals surface area (Å²) < 4.78 is 5.67. The molecule has 0 saturated carbocycles. The number of rotatable bonds is 1. The number of benzene rings is 1. The summed E-state index contributed by atoms with van der Waals surface area (Å²) in [4.78, 5) is 30.5. The number of aromatic nitrogens is 2. The summed E-state index contributed by atoms with van der Waals surface area (Å²) in [6, 6.07) is 5.40. The molecule has 9 heteroatoms. The Kier molecular flexibility index (Phi) is 4.67. The fourth-order valence-corrected chi connectivity index (χ4v) is 4.28. The molecule has 8 nitrogen and oxygen atoms in total. The zero-order chi connectivity index (χ0) is 20.0. The summed E-state index contributed by atoms with van der Waals surface area (Å²) in [5.41, 5.74) is 3.09. The van der Waals surface area contributed by atoms with Crippen LogP contribution in [0.5, 0.6) is 5.75 Å². The van der Waals surface area contributed by atoms with Crippen LogP contribution < -0.4 is 14.5 Å². The lowest BCUT2D eigenvalue weighted by Gasteiger charge is -2.39. The lowest BCUT2D eigenvalue weighted by atomic mass is 10.2. The van der Waals surface area contributed by atoms with Crippen LogP contribution in [-0.2, 0) is 13.1 Å². The largest absolute Gasteiger partial charge is 0.489 e. The Hall–Kier alpha value is -2.58. The summed E-state index contributed by atoms with van der Waals surface area (Å²) in [6.07, 6.45) is 1.94. The van der Waals surface area contributed by atoms with E-state index in [1.807, 2.05) is 17.2 Å². The van der Waals surface area contributed by atoms with Crippen molar-refractivity contribution in [1.29, 1.82) is 0 Å². The number of carbonyl (C=O) groups excluding carboxylic acids is 1. The zero-order valence-corrected chi connectivity index (χ0v) is 17.1. The Morgan fingerprint density at radius 3 is 2.79 bits per heavy atom. The van der Waals surface area contributed by atoms with E-state index in [0.717, 1.165) is 43.5 Å². The van der Waals surface area contributed by atoms with Crippen LogP contribution in [0.1, 0.15) is 11.3 Å². The van der Waals surface area contributed by atoms with Crippen molar-refractivity contribution < 1.29 is 9.53 Å². The van der Waals surface area contributed by atoms with Crippen LogP contribution in [0.2, 0.25) is 5.02 Å². The van der Waals surface area contributed by atoms with Gasteiger partial charge in [0.25, 0.3) is 0 Å². The Bertz CT molecular complexity index is 947. The fraction of sp³-hybridized carbons (Fsp3) is 0.450. The number of hydrogen-bond donors (Lipinski definition) is 0. The van der Waals surface area contributed by atoms with Crippen LogP contribution >= 0.6 is 11.6 Å². The summed E-state index contributed by atoms with van der Waals surface area (Å²) in [5.74, 6) is 1.42. The molecule has 5 rings (SSSR count). The van der Waals surface area contributed by atoms with Gasteiger partial charge < -0.3 is 14.5 Å². The average molecular weight is 415 g/mol. The Morgan fingerprint density at radius 2 is 1.97 bits per heavy atom. The van der Waals surface area contributed by atoms with Crippen LogP contribution in [0.15, 0.2) is 24.4 Å². The molecule has 1 aromatic heterocycles. The number of anilines is 2. The molecule has 152 valence electrons. The molecule has 0 aliphatic carbocycles. The SMILES string of the molecule is CN1Cc2cnc(N3CCN(C(=O)N4CCOc5cc(Cl)ccc54)CC3)nc2C1. The zero-order valence-electron chi connectivity index (χ0n) is 16.3. The molecule has 3 aliphatic rings. The number of fused-ring (bicyclic) bond motifs is 2. The average Bonchev–Trinajstić information content (AvgIpc) is 3.12. The van der Waals surface area contributed by atoms with Crippen LogP contribution in [0, 0.1) is 0 Å². The topological polar surface area (TPSA) is 65.0 Å².